The Balaban J connectivity index is 2.12. The van der Waals surface area contributed by atoms with E-state index in [1.54, 1.807) is 25.7 Å². The number of amides is 3. The van der Waals surface area contributed by atoms with Crippen molar-refractivity contribution < 1.29 is 19.1 Å². The molecule has 3 atom stereocenters. The lowest BCUT2D eigenvalue weighted by Crippen LogP contribution is -2.55. The van der Waals surface area contributed by atoms with E-state index in [4.69, 9.17) is 4.74 Å². The highest BCUT2D eigenvalue weighted by atomic mass is 16.6. The maximum Gasteiger partial charge on any atom is 0.408 e. The standard InChI is InChI=1S/C35H45N3O4/c1-9-26(5)38(33(40)29(22-27-19-11-10-12-20-27)36-34(41)42-35(6,7)8)31(28-21-14-13-16-23(28)2)32(39)37-30-24(3)17-15-18-25(30)4/h10-21,26,29,31H,9,22H2,1-8H3,(H,36,41)(H,37,39). The van der Waals surface area contributed by atoms with Crippen molar-refractivity contribution in [3.63, 3.8) is 0 Å². The molecule has 3 unspecified atom stereocenters. The number of alkyl carbamates (subject to hydrolysis) is 1. The molecule has 3 aromatic rings. The van der Waals surface area contributed by atoms with E-state index < -0.39 is 23.8 Å². The van der Waals surface area contributed by atoms with Gasteiger partial charge in [0.25, 0.3) is 5.91 Å². The Morgan fingerprint density at radius 3 is 1.98 bits per heavy atom. The SMILES string of the molecule is CCC(C)N(C(=O)C(Cc1ccccc1)NC(=O)OC(C)(C)C)C(C(=O)Nc1c(C)cccc1C)c1ccccc1C. The summed E-state index contributed by atoms with van der Waals surface area (Å²) in [7, 11) is 0. The van der Waals surface area contributed by atoms with E-state index in [9.17, 15) is 14.4 Å². The van der Waals surface area contributed by atoms with Gasteiger partial charge in [0.15, 0.2) is 0 Å². The summed E-state index contributed by atoms with van der Waals surface area (Å²) in [5, 5.41) is 5.96. The molecule has 0 aliphatic carbocycles. The van der Waals surface area contributed by atoms with Crippen LogP contribution in [0.5, 0.6) is 0 Å². The Morgan fingerprint density at radius 1 is 0.833 bits per heavy atom. The van der Waals surface area contributed by atoms with Crippen molar-refractivity contribution in [2.75, 3.05) is 5.32 Å². The quantitative estimate of drug-likeness (QED) is 0.273. The summed E-state index contributed by atoms with van der Waals surface area (Å²) in [5.41, 5.74) is 4.35. The summed E-state index contributed by atoms with van der Waals surface area (Å²) < 4.78 is 5.54. The molecule has 2 N–H and O–H groups in total. The van der Waals surface area contributed by atoms with Crippen LogP contribution in [-0.2, 0) is 20.7 Å². The molecular formula is C35H45N3O4. The number of carbonyl (C=O) groups is 3. The second-order valence-electron chi connectivity index (χ2n) is 11.9. The number of nitrogens with zero attached hydrogens (tertiary/aromatic N) is 1. The number of carbonyl (C=O) groups excluding carboxylic acids is 3. The number of anilines is 1. The van der Waals surface area contributed by atoms with Crippen LogP contribution in [-0.4, -0.2) is 40.5 Å². The van der Waals surface area contributed by atoms with E-state index in [0.717, 1.165) is 33.5 Å². The molecule has 0 saturated heterocycles. The number of rotatable bonds is 10. The van der Waals surface area contributed by atoms with Crippen LogP contribution in [0.3, 0.4) is 0 Å². The van der Waals surface area contributed by atoms with Crippen molar-refractivity contribution in [3.05, 3.63) is 101 Å². The van der Waals surface area contributed by atoms with Gasteiger partial charge in [0, 0.05) is 18.2 Å². The fraction of sp³-hybridized carbons (Fsp3) is 0.400. The lowest BCUT2D eigenvalue weighted by molar-refractivity contribution is -0.143. The van der Waals surface area contributed by atoms with Gasteiger partial charge in [-0.3, -0.25) is 9.59 Å². The molecule has 0 heterocycles. The maximum atomic E-state index is 14.6. The van der Waals surface area contributed by atoms with Gasteiger partial charge in [-0.1, -0.05) is 79.7 Å². The largest absolute Gasteiger partial charge is 0.444 e. The molecule has 0 bridgehead atoms. The minimum absolute atomic E-state index is 0.241. The van der Waals surface area contributed by atoms with E-state index in [1.807, 2.05) is 107 Å². The molecule has 224 valence electrons. The number of benzene rings is 3. The highest BCUT2D eigenvalue weighted by Crippen LogP contribution is 2.31. The van der Waals surface area contributed by atoms with Crippen LogP contribution in [0.15, 0.2) is 72.8 Å². The first-order valence-corrected chi connectivity index (χ1v) is 14.6. The maximum absolute atomic E-state index is 14.6. The third kappa shape index (κ3) is 8.44. The first kappa shape index (κ1) is 32.4. The minimum atomic E-state index is -0.962. The molecule has 0 saturated carbocycles. The number of para-hydroxylation sites is 1. The lowest BCUT2D eigenvalue weighted by Gasteiger charge is -2.39. The predicted molar refractivity (Wildman–Crippen MR) is 168 cm³/mol. The topological polar surface area (TPSA) is 87.7 Å². The van der Waals surface area contributed by atoms with Crippen LogP contribution < -0.4 is 10.6 Å². The molecule has 7 nitrogen and oxygen atoms in total. The van der Waals surface area contributed by atoms with Gasteiger partial charge in [-0.15, -0.1) is 0 Å². The molecule has 3 amide bonds. The Morgan fingerprint density at radius 2 is 1.40 bits per heavy atom. The van der Waals surface area contributed by atoms with Crippen molar-refractivity contribution >= 4 is 23.6 Å². The molecule has 0 aliphatic rings. The fourth-order valence-corrected chi connectivity index (χ4v) is 4.99. The highest BCUT2D eigenvalue weighted by Gasteiger charge is 2.39. The van der Waals surface area contributed by atoms with Gasteiger partial charge in [-0.25, -0.2) is 4.79 Å². The Hall–Kier alpha value is -4.13. The zero-order valence-electron chi connectivity index (χ0n) is 26.2. The average molecular weight is 572 g/mol. The molecule has 3 rings (SSSR count). The summed E-state index contributed by atoms with van der Waals surface area (Å²) in [6.45, 7) is 15.1. The van der Waals surface area contributed by atoms with Gasteiger partial charge in [0.2, 0.25) is 5.91 Å². The van der Waals surface area contributed by atoms with Crippen molar-refractivity contribution in [2.24, 2.45) is 0 Å². The minimum Gasteiger partial charge on any atom is -0.444 e. The van der Waals surface area contributed by atoms with Gasteiger partial charge >= 0.3 is 6.09 Å². The van der Waals surface area contributed by atoms with Crippen LogP contribution in [0.25, 0.3) is 0 Å². The zero-order chi connectivity index (χ0) is 31.0. The predicted octanol–water partition coefficient (Wildman–Crippen LogP) is 7.05. The highest BCUT2D eigenvalue weighted by molar-refractivity contribution is 6.00. The third-order valence-corrected chi connectivity index (χ3v) is 7.33. The first-order valence-electron chi connectivity index (χ1n) is 14.6. The van der Waals surface area contributed by atoms with Crippen molar-refractivity contribution in [3.8, 4) is 0 Å². The van der Waals surface area contributed by atoms with Crippen molar-refractivity contribution in [1.82, 2.24) is 10.2 Å². The molecule has 0 aromatic heterocycles. The Labute approximate surface area is 250 Å². The summed E-state index contributed by atoms with van der Waals surface area (Å²) in [6.07, 6.45) is 0.161. The third-order valence-electron chi connectivity index (χ3n) is 7.33. The number of ether oxygens (including phenoxy) is 1. The summed E-state index contributed by atoms with van der Waals surface area (Å²) in [6, 6.07) is 20.8. The van der Waals surface area contributed by atoms with Crippen molar-refractivity contribution in [2.45, 2.75) is 92.0 Å². The van der Waals surface area contributed by atoms with E-state index in [1.165, 1.54) is 0 Å². The molecule has 42 heavy (non-hydrogen) atoms. The summed E-state index contributed by atoms with van der Waals surface area (Å²) in [4.78, 5) is 43.6. The number of hydrogen-bond donors (Lipinski definition) is 2. The van der Waals surface area contributed by atoms with Gasteiger partial charge in [-0.05, 0) is 82.7 Å². The fourth-order valence-electron chi connectivity index (χ4n) is 4.99. The van der Waals surface area contributed by atoms with E-state index in [-0.39, 0.29) is 24.3 Å². The second kappa shape index (κ2) is 14.2. The second-order valence-corrected chi connectivity index (χ2v) is 11.9. The zero-order valence-corrected chi connectivity index (χ0v) is 26.2. The molecule has 0 aliphatic heterocycles. The number of aryl methyl sites for hydroxylation is 3. The smallest absolute Gasteiger partial charge is 0.408 e. The van der Waals surface area contributed by atoms with E-state index in [2.05, 4.69) is 10.6 Å². The van der Waals surface area contributed by atoms with Gasteiger partial charge in [-0.2, -0.15) is 0 Å². The molecule has 0 radical (unpaired) electrons. The number of hydrogen-bond acceptors (Lipinski definition) is 4. The lowest BCUT2D eigenvalue weighted by atomic mass is 9.95. The van der Waals surface area contributed by atoms with Crippen LogP contribution in [0.1, 0.15) is 74.9 Å². The first-order chi connectivity index (χ1) is 19.8. The van der Waals surface area contributed by atoms with Crippen LogP contribution in [0.2, 0.25) is 0 Å². The van der Waals surface area contributed by atoms with Crippen LogP contribution in [0, 0.1) is 20.8 Å². The number of nitrogens with one attached hydrogen (secondary N) is 2. The van der Waals surface area contributed by atoms with Crippen molar-refractivity contribution in [1.29, 1.82) is 0 Å². The molecule has 0 fully saturated rings. The average Bonchev–Trinajstić information content (AvgIpc) is 2.92. The molecular weight excluding hydrogens is 526 g/mol. The molecule has 0 spiro atoms. The Bertz CT molecular complexity index is 1360. The molecule has 3 aromatic carbocycles. The van der Waals surface area contributed by atoms with E-state index >= 15 is 0 Å². The monoisotopic (exact) mass is 571 g/mol. The molecule has 7 heteroatoms. The summed E-state index contributed by atoms with van der Waals surface area (Å²) >= 11 is 0. The van der Waals surface area contributed by atoms with Crippen LogP contribution >= 0.6 is 0 Å². The van der Waals surface area contributed by atoms with Gasteiger partial charge in [0.05, 0.1) is 0 Å². The normalized spacial score (nSPS) is 13.4. The van der Waals surface area contributed by atoms with Gasteiger partial charge < -0.3 is 20.3 Å². The Kier molecular flexibility index (Phi) is 10.9. The summed E-state index contributed by atoms with van der Waals surface area (Å²) in [5.74, 6) is -0.671. The van der Waals surface area contributed by atoms with Gasteiger partial charge in [0.1, 0.15) is 17.7 Å². The van der Waals surface area contributed by atoms with E-state index in [0.29, 0.717) is 6.42 Å². The van der Waals surface area contributed by atoms with Crippen LogP contribution in [0.4, 0.5) is 10.5 Å².